The fraction of sp³-hybridized carbons (Fsp3) is 0.524. The van der Waals surface area contributed by atoms with Gasteiger partial charge < -0.3 is 20.4 Å². The fourth-order valence-electron chi connectivity index (χ4n) is 3.29. The van der Waals surface area contributed by atoms with E-state index >= 15 is 0 Å². The van der Waals surface area contributed by atoms with E-state index in [1.807, 2.05) is 12.3 Å². The third kappa shape index (κ3) is 5.69. The molecule has 2 aromatic rings. The molecule has 0 radical (unpaired) electrons. The number of hydrogen-bond donors (Lipinski definition) is 2. The van der Waals surface area contributed by atoms with Gasteiger partial charge in [0.05, 0.1) is 6.54 Å². The molecule has 3 heterocycles. The van der Waals surface area contributed by atoms with Crippen LogP contribution < -0.4 is 15.5 Å². The summed E-state index contributed by atoms with van der Waals surface area (Å²) in [6.45, 7) is 10.8. The van der Waals surface area contributed by atoms with Crippen LogP contribution in [0.4, 0.5) is 5.82 Å². The number of pyridine rings is 1. The molecule has 0 saturated carbocycles. The van der Waals surface area contributed by atoms with Crippen LogP contribution in [0.1, 0.15) is 30.9 Å². The van der Waals surface area contributed by atoms with Crippen molar-refractivity contribution in [1.82, 2.24) is 20.5 Å². The van der Waals surface area contributed by atoms with Gasteiger partial charge in [0.2, 0.25) is 0 Å². The number of anilines is 1. The predicted molar refractivity (Wildman–Crippen MR) is 119 cm³/mol. The number of aliphatic imine (C=N–C) groups is 1. The SMILES string of the molecule is CCNC(=NCc1cccnc1N1CCN(C)CC1)NCC(C)c1ccsc1. The molecule has 0 spiro atoms. The summed E-state index contributed by atoms with van der Waals surface area (Å²) in [7, 11) is 2.17. The fourth-order valence-corrected chi connectivity index (χ4v) is 4.07. The smallest absolute Gasteiger partial charge is 0.191 e. The van der Waals surface area contributed by atoms with Crippen LogP contribution in [0.25, 0.3) is 0 Å². The minimum atomic E-state index is 0.453. The molecule has 2 aromatic heterocycles. The number of piperazine rings is 1. The van der Waals surface area contributed by atoms with Crippen LogP contribution in [0.3, 0.4) is 0 Å². The van der Waals surface area contributed by atoms with E-state index in [-0.39, 0.29) is 0 Å². The molecule has 0 aromatic carbocycles. The van der Waals surface area contributed by atoms with Gasteiger partial charge in [-0.25, -0.2) is 9.98 Å². The molecule has 1 aliphatic rings. The Hall–Kier alpha value is -2.12. The van der Waals surface area contributed by atoms with E-state index < -0.39 is 0 Å². The molecule has 3 rings (SSSR count). The second-order valence-electron chi connectivity index (χ2n) is 7.31. The van der Waals surface area contributed by atoms with E-state index in [0.29, 0.717) is 12.5 Å². The molecule has 2 N–H and O–H groups in total. The quantitative estimate of drug-likeness (QED) is 0.553. The van der Waals surface area contributed by atoms with Crippen molar-refractivity contribution in [2.45, 2.75) is 26.3 Å². The molecule has 6 nitrogen and oxygen atoms in total. The zero-order valence-corrected chi connectivity index (χ0v) is 18.0. The van der Waals surface area contributed by atoms with Crippen LogP contribution >= 0.6 is 11.3 Å². The first-order chi connectivity index (χ1) is 13.7. The molecule has 1 saturated heterocycles. The van der Waals surface area contributed by atoms with Gasteiger partial charge in [0, 0.05) is 51.0 Å². The molecule has 152 valence electrons. The van der Waals surface area contributed by atoms with Crippen molar-refractivity contribution >= 4 is 23.1 Å². The molecular formula is C21H32N6S. The maximum Gasteiger partial charge on any atom is 0.191 e. The monoisotopic (exact) mass is 400 g/mol. The van der Waals surface area contributed by atoms with Gasteiger partial charge in [-0.3, -0.25) is 0 Å². The second kappa shape index (κ2) is 10.4. The Kier molecular flexibility index (Phi) is 7.68. The van der Waals surface area contributed by atoms with E-state index in [0.717, 1.165) is 51.0 Å². The molecule has 0 bridgehead atoms. The number of rotatable bonds is 7. The summed E-state index contributed by atoms with van der Waals surface area (Å²) in [5.74, 6) is 2.38. The van der Waals surface area contributed by atoms with E-state index in [1.165, 1.54) is 11.1 Å². The van der Waals surface area contributed by atoms with Crippen molar-refractivity contribution in [1.29, 1.82) is 0 Å². The molecule has 1 atom stereocenters. The number of aromatic nitrogens is 1. The largest absolute Gasteiger partial charge is 0.357 e. The molecule has 28 heavy (non-hydrogen) atoms. The van der Waals surface area contributed by atoms with Crippen molar-refractivity contribution < 1.29 is 0 Å². The second-order valence-corrected chi connectivity index (χ2v) is 8.09. The summed E-state index contributed by atoms with van der Waals surface area (Å²) in [6.07, 6.45) is 1.88. The van der Waals surface area contributed by atoms with E-state index in [2.05, 4.69) is 69.2 Å². The maximum absolute atomic E-state index is 4.83. The summed E-state index contributed by atoms with van der Waals surface area (Å²) in [5, 5.41) is 11.2. The number of likely N-dealkylation sites (N-methyl/N-ethyl adjacent to an activating group) is 1. The highest BCUT2D eigenvalue weighted by Gasteiger charge is 2.17. The Bertz CT molecular complexity index is 737. The lowest BCUT2D eigenvalue weighted by atomic mass is 10.1. The Labute approximate surface area is 172 Å². The van der Waals surface area contributed by atoms with E-state index in [1.54, 1.807) is 11.3 Å². The van der Waals surface area contributed by atoms with Crippen LogP contribution in [-0.4, -0.2) is 62.2 Å². The van der Waals surface area contributed by atoms with Crippen molar-refractivity contribution in [3.63, 3.8) is 0 Å². The highest BCUT2D eigenvalue weighted by Crippen LogP contribution is 2.20. The molecule has 0 aliphatic carbocycles. The Morgan fingerprint density at radius 2 is 2.07 bits per heavy atom. The van der Waals surface area contributed by atoms with Gasteiger partial charge in [0.1, 0.15) is 5.82 Å². The van der Waals surface area contributed by atoms with Crippen LogP contribution in [0.2, 0.25) is 0 Å². The number of thiophene rings is 1. The molecule has 1 unspecified atom stereocenters. The predicted octanol–water partition coefficient (Wildman–Crippen LogP) is 2.75. The van der Waals surface area contributed by atoms with E-state index in [4.69, 9.17) is 4.99 Å². The highest BCUT2D eigenvalue weighted by molar-refractivity contribution is 7.07. The highest BCUT2D eigenvalue weighted by atomic mass is 32.1. The van der Waals surface area contributed by atoms with Gasteiger partial charge in [-0.15, -0.1) is 0 Å². The molecule has 1 aliphatic heterocycles. The Balaban J connectivity index is 1.64. The molecule has 0 amide bonds. The zero-order valence-electron chi connectivity index (χ0n) is 17.2. The molecule has 1 fully saturated rings. The van der Waals surface area contributed by atoms with Crippen molar-refractivity contribution in [3.05, 3.63) is 46.3 Å². The summed E-state index contributed by atoms with van der Waals surface area (Å²) < 4.78 is 0. The van der Waals surface area contributed by atoms with Gasteiger partial charge in [-0.1, -0.05) is 13.0 Å². The van der Waals surface area contributed by atoms with Gasteiger partial charge in [-0.2, -0.15) is 11.3 Å². The van der Waals surface area contributed by atoms with Crippen LogP contribution in [-0.2, 0) is 6.54 Å². The Morgan fingerprint density at radius 1 is 1.25 bits per heavy atom. The van der Waals surface area contributed by atoms with Crippen molar-refractivity contribution in [2.75, 3.05) is 51.2 Å². The lowest BCUT2D eigenvalue weighted by Gasteiger charge is -2.34. The van der Waals surface area contributed by atoms with E-state index in [9.17, 15) is 0 Å². The normalized spacial score (nSPS) is 16.8. The average Bonchev–Trinajstić information content (AvgIpc) is 3.26. The van der Waals surface area contributed by atoms with Gasteiger partial charge >= 0.3 is 0 Å². The van der Waals surface area contributed by atoms with Gasteiger partial charge in [0.25, 0.3) is 0 Å². The van der Waals surface area contributed by atoms with Crippen molar-refractivity contribution in [2.24, 2.45) is 4.99 Å². The van der Waals surface area contributed by atoms with Crippen molar-refractivity contribution in [3.8, 4) is 0 Å². The third-order valence-corrected chi connectivity index (χ3v) is 5.81. The first kappa shape index (κ1) is 20.6. The summed E-state index contributed by atoms with van der Waals surface area (Å²) >= 11 is 1.75. The molecule has 7 heteroatoms. The zero-order chi connectivity index (χ0) is 19.8. The summed E-state index contributed by atoms with van der Waals surface area (Å²) in [5.41, 5.74) is 2.55. The number of nitrogens with zero attached hydrogens (tertiary/aromatic N) is 4. The maximum atomic E-state index is 4.83. The number of guanidine groups is 1. The Morgan fingerprint density at radius 3 is 2.79 bits per heavy atom. The minimum absolute atomic E-state index is 0.453. The third-order valence-electron chi connectivity index (χ3n) is 5.11. The van der Waals surface area contributed by atoms with Crippen LogP contribution in [0, 0.1) is 0 Å². The topological polar surface area (TPSA) is 55.8 Å². The number of hydrogen-bond acceptors (Lipinski definition) is 5. The number of nitrogens with one attached hydrogen (secondary N) is 2. The lowest BCUT2D eigenvalue weighted by Crippen LogP contribution is -2.45. The molecular weight excluding hydrogens is 368 g/mol. The first-order valence-corrected chi connectivity index (χ1v) is 11.0. The van der Waals surface area contributed by atoms with Gasteiger partial charge in [0.15, 0.2) is 5.96 Å². The average molecular weight is 401 g/mol. The summed E-state index contributed by atoms with van der Waals surface area (Å²) in [6, 6.07) is 6.34. The van der Waals surface area contributed by atoms with Gasteiger partial charge in [-0.05, 0) is 48.3 Å². The van der Waals surface area contributed by atoms with Crippen LogP contribution in [0.15, 0.2) is 40.1 Å². The van der Waals surface area contributed by atoms with Crippen LogP contribution in [0.5, 0.6) is 0 Å². The minimum Gasteiger partial charge on any atom is -0.357 e. The standard InChI is InChI=1S/C21H32N6S/c1-4-22-21(24-14-17(2)19-7-13-28-16-19)25-15-18-6-5-8-23-20(18)27-11-9-26(3)10-12-27/h5-8,13,16-17H,4,9-12,14-15H2,1-3H3,(H2,22,24,25). The first-order valence-electron chi connectivity index (χ1n) is 10.1. The summed E-state index contributed by atoms with van der Waals surface area (Å²) in [4.78, 5) is 14.2. The lowest BCUT2D eigenvalue weighted by molar-refractivity contribution is 0.312.